The number of unbranched alkanes of at least 4 members (excludes halogenated alkanes) is 1. The molecule has 0 fully saturated rings. The summed E-state index contributed by atoms with van der Waals surface area (Å²) in [5.74, 6) is 0. The minimum atomic E-state index is -1.63. The Morgan fingerprint density at radius 3 is 2.67 bits per heavy atom. The lowest BCUT2D eigenvalue weighted by Gasteiger charge is -1.91. The van der Waals surface area contributed by atoms with Crippen LogP contribution in [-0.4, -0.2) is 6.61 Å². The van der Waals surface area contributed by atoms with Gasteiger partial charge in [-0.3, -0.25) is 0 Å². The van der Waals surface area contributed by atoms with Gasteiger partial charge in [-0.05, 0) is 18.9 Å². The third kappa shape index (κ3) is 7.56. The largest absolute Gasteiger partial charge is 0.379 e. The highest BCUT2D eigenvalue weighted by molar-refractivity contribution is 4.79. The Labute approximate surface area is 53.3 Å². The molecule has 0 aromatic heterocycles. The standard InChI is InChI=1S/C6H9F2O/c1-9-5-3-2-4-6(7)8/h4H,1-3,5H2. The Bertz CT molecular complexity index is 87.1. The Hall–Kier alpha value is -0.440. The van der Waals surface area contributed by atoms with Crippen molar-refractivity contribution in [3.8, 4) is 0 Å². The predicted molar refractivity (Wildman–Crippen MR) is 30.8 cm³/mol. The van der Waals surface area contributed by atoms with Crippen LogP contribution in [0.1, 0.15) is 12.8 Å². The average Bonchev–Trinajstić information content (AvgIpc) is 1.80. The van der Waals surface area contributed by atoms with Gasteiger partial charge in [0, 0.05) is 6.61 Å². The van der Waals surface area contributed by atoms with Gasteiger partial charge in [0.15, 0.2) is 0 Å². The molecule has 9 heavy (non-hydrogen) atoms. The van der Waals surface area contributed by atoms with Gasteiger partial charge in [-0.2, -0.15) is 8.78 Å². The highest BCUT2D eigenvalue weighted by Crippen LogP contribution is 2.00. The molecule has 0 rings (SSSR count). The van der Waals surface area contributed by atoms with Crippen LogP contribution < -0.4 is 0 Å². The first-order chi connectivity index (χ1) is 4.27. The fraction of sp³-hybridized carbons (Fsp3) is 0.500. The molecule has 0 amide bonds. The highest BCUT2D eigenvalue weighted by Gasteiger charge is 1.86. The molecule has 0 atom stereocenters. The van der Waals surface area contributed by atoms with Gasteiger partial charge in [0.1, 0.15) is 0 Å². The van der Waals surface area contributed by atoms with E-state index in [2.05, 4.69) is 11.8 Å². The summed E-state index contributed by atoms with van der Waals surface area (Å²) in [4.78, 5) is 0. The van der Waals surface area contributed by atoms with Crippen LogP contribution in [0.3, 0.4) is 0 Å². The smallest absolute Gasteiger partial charge is 0.266 e. The minimum absolute atomic E-state index is 0.359. The number of allylic oxidation sites excluding steroid dienone is 1. The summed E-state index contributed by atoms with van der Waals surface area (Å²) >= 11 is 0. The Kier molecular flexibility index (Phi) is 5.41. The molecule has 0 N–H and O–H groups in total. The van der Waals surface area contributed by atoms with Gasteiger partial charge >= 0.3 is 0 Å². The molecule has 0 aliphatic carbocycles. The third-order valence-electron chi connectivity index (χ3n) is 0.791. The number of ether oxygens (including phenoxy) is 1. The van der Waals surface area contributed by atoms with Gasteiger partial charge in [-0.15, -0.1) is 0 Å². The first kappa shape index (κ1) is 8.56. The summed E-state index contributed by atoms with van der Waals surface area (Å²) in [5.41, 5.74) is 0. The van der Waals surface area contributed by atoms with Gasteiger partial charge < -0.3 is 4.74 Å². The van der Waals surface area contributed by atoms with E-state index in [0.29, 0.717) is 19.4 Å². The van der Waals surface area contributed by atoms with Gasteiger partial charge in [0.05, 0.1) is 7.11 Å². The van der Waals surface area contributed by atoms with E-state index in [9.17, 15) is 8.78 Å². The topological polar surface area (TPSA) is 9.23 Å². The quantitative estimate of drug-likeness (QED) is 0.537. The number of halogens is 2. The fourth-order valence-electron chi connectivity index (χ4n) is 0.397. The predicted octanol–water partition coefficient (Wildman–Crippen LogP) is 2.36. The summed E-state index contributed by atoms with van der Waals surface area (Å²) in [6, 6.07) is 0. The molecule has 0 saturated heterocycles. The second-order valence-corrected chi connectivity index (χ2v) is 1.54. The zero-order chi connectivity index (χ0) is 7.11. The average molecular weight is 135 g/mol. The molecule has 0 bridgehead atoms. The van der Waals surface area contributed by atoms with Crippen LogP contribution in [0.4, 0.5) is 8.78 Å². The molecular formula is C6H9F2O. The molecule has 1 radical (unpaired) electrons. The molecule has 0 spiro atoms. The lowest BCUT2D eigenvalue weighted by Crippen LogP contribution is -1.83. The maximum atomic E-state index is 11.3. The SMILES string of the molecule is [CH2]OCCCC=C(F)F. The normalized spacial score (nSPS) is 9.22. The van der Waals surface area contributed by atoms with Crippen LogP contribution in [0.15, 0.2) is 12.2 Å². The molecule has 53 valence electrons. The van der Waals surface area contributed by atoms with Crippen LogP contribution in [0, 0.1) is 7.11 Å². The number of hydrogen-bond acceptors (Lipinski definition) is 1. The number of rotatable bonds is 4. The maximum Gasteiger partial charge on any atom is 0.266 e. The zero-order valence-electron chi connectivity index (χ0n) is 5.07. The van der Waals surface area contributed by atoms with Crippen LogP contribution in [0.2, 0.25) is 0 Å². The summed E-state index contributed by atoms with van der Waals surface area (Å²) in [6.07, 6.45) is 0.205. The first-order valence-electron chi connectivity index (χ1n) is 2.65. The molecule has 0 saturated carbocycles. The van der Waals surface area contributed by atoms with E-state index in [1.165, 1.54) is 0 Å². The molecule has 0 heterocycles. The van der Waals surface area contributed by atoms with Crippen molar-refractivity contribution in [3.63, 3.8) is 0 Å². The van der Waals surface area contributed by atoms with E-state index in [1.54, 1.807) is 0 Å². The summed E-state index contributed by atoms with van der Waals surface area (Å²) < 4.78 is 26.9. The van der Waals surface area contributed by atoms with Gasteiger partial charge in [-0.25, -0.2) is 0 Å². The van der Waals surface area contributed by atoms with Crippen molar-refractivity contribution in [2.24, 2.45) is 0 Å². The van der Waals surface area contributed by atoms with Crippen LogP contribution in [-0.2, 0) is 4.74 Å². The molecular weight excluding hydrogens is 126 g/mol. The zero-order valence-corrected chi connectivity index (χ0v) is 5.07. The van der Waals surface area contributed by atoms with Crippen LogP contribution in [0.25, 0.3) is 0 Å². The molecule has 0 aromatic carbocycles. The fourth-order valence-corrected chi connectivity index (χ4v) is 0.397. The highest BCUT2D eigenvalue weighted by atomic mass is 19.3. The van der Waals surface area contributed by atoms with Gasteiger partial charge in [0.2, 0.25) is 0 Å². The van der Waals surface area contributed by atoms with Crippen molar-refractivity contribution in [2.75, 3.05) is 6.61 Å². The Morgan fingerprint density at radius 1 is 1.56 bits per heavy atom. The van der Waals surface area contributed by atoms with Crippen LogP contribution >= 0.6 is 0 Å². The lowest BCUT2D eigenvalue weighted by molar-refractivity contribution is 0.238. The van der Waals surface area contributed by atoms with Gasteiger partial charge in [-0.1, -0.05) is 0 Å². The minimum Gasteiger partial charge on any atom is -0.379 e. The summed E-state index contributed by atoms with van der Waals surface area (Å²) in [7, 11) is 3.09. The molecule has 3 heteroatoms. The van der Waals surface area contributed by atoms with Crippen molar-refractivity contribution >= 4 is 0 Å². The monoisotopic (exact) mass is 135 g/mol. The van der Waals surface area contributed by atoms with Gasteiger partial charge in [0.25, 0.3) is 6.08 Å². The third-order valence-corrected chi connectivity index (χ3v) is 0.791. The van der Waals surface area contributed by atoms with E-state index in [1.807, 2.05) is 0 Å². The second-order valence-electron chi connectivity index (χ2n) is 1.54. The van der Waals surface area contributed by atoms with E-state index >= 15 is 0 Å². The summed E-state index contributed by atoms with van der Waals surface area (Å²) in [6.45, 7) is 0.434. The molecule has 0 aromatic rings. The Morgan fingerprint density at radius 2 is 2.22 bits per heavy atom. The van der Waals surface area contributed by atoms with Crippen molar-refractivity contribution in [3.05, 3.63) is 19.3 Å². The van der Waals surface area contributed by atoms with E-state index < -0.39 is 6.08 Å². The lowest BCUT2D eigenvalue weighted by atomic mass is 10.3. The van der Waals surface area contributed by atoms with E-state index in [-0.39, 0.29) is 0 Å². The molecule has 0 aliphatic heterocycles. The van der Waals surface area contributed by atoms with Crippen molar-refractivity contribution in [2.45, 2.75) is 12.8 Å². The maximum absolute atomic E-state index is 11.3. The van der Waals surface area contributed by atoms with E-state index in [0.717, 1.165) is 6.08 Å². The van der Waals surface area contributed by atoms with Crippen molar-refractivity contribution < 1.29 is 13.5 Å². The van der Waals surface area contributed by atoms with Crippen molar-refractivity contribution in [1.29, 1.82) is 0 Å². The molecule has 0 unspecified atom stereocenters. The molecule has 1 nitrogen and oxygen atoms in total. The van der Waals surface area contributed by atoms with Crippen LogP contribution in [0.5, 0.6) is 0 Å². The van der Waals surface area contributed by atoms with E-state index in [4.69, 9.17) is 0 Å². The second kappa shape index (κ2) is 5.69. The first-order valence-corrected chi connectivity index (χ1v) is 2.65. The summed E-state index contributed by atoms with van der Waals surface area (Å²) in [5, 5.41) is 0. The molecule has 0 aliphatic rings. The Balaban J connectivity index is 3.00. The van der Waals surface area contributed by atoms with Crippen molar-refractivity contribution in [1.82, 2.24) is 0 Å². The number of hydrogen-bond donors (Lipinski definition) is 0.